The van der Waals surface area contributed by atoms with Gasteiger partial charge in [0.1, 0.15) is 0 Å². The second-order valence-corrected chi connectivity index (χ2v) is 3.25. The minimum Gasteiger partial charge on any atom is -0.269 e. The maximum Gasteiger partial charge on any atom is 0.0227 e. The number of nitrogens with zero attached hydrogens (tertiary/aromatic N) is 1. The molecule has 1 fully saturated rings. The highest BCUT2D eigenvalue weighted by molar-refractivity contribution is 5.63. The quantitative estimate of drug-likeness (QED) is 0.483. The van der Waals surface area contributed by atoms with Crippen molar-refractivity contribution in [2.24, 2.45) is 16.8 Å². The van der Waals surface area contributed by atoms with E-state index in [1.807, 2.05) is 6.20 Å². The van der Waals surface area contributed by atoms with E-state index in [0.29, 0.717) is 0 Å². The number of rotatable bonds is 0. The first-order valence-electron chi connectivity index (χ1n) is 4.17. The van der Waals surface area contributed by atoms with Crippen molar-refractivity contribution < 1.29 is 0 Å². The van der Waals surface area contributed by atoms with Crippen molar-refractivity contribution in [1.29, 1.82) is 0 Å². The third-order valence-electron chi connectivity index (χ3n) is 2.57. The van der Waals surface area contributed by atoms with Gasteiger partial charge < -0.3 is 0 Å². The van der Waals surface area contributed by atoms with Gasteiger partial charge in [-0.25, -0.2) is 0 Å². The zero-order valence-electron chi connectivity index (χ0n) is 6.16. The van der Waals surface area contributed by atoms with E-state index in [1.54, 1.807) is 0 Å². The Labute approximate surface area is 61.9 Å². The van der Waals surface area contributed by atoms with Gasteiger partial charge in [-0.1, -0.05) is 18.9 Å². The van der Waals surface area contributed by atoms with Crippen LogP contribution in [0.4, 0.5) is 0 Å². The van der Waals surface area contributed by atoms with Crippen molar-refractivity contribution in [3.63, 3.8) is 0 Å². The largest absolute Gasteiger partial charge is 0.269 e. The van der Waals surface area contributed by atoms with Crippen molar-refractivity contribution in [2.75, 3.05) is 0 Å². The van der Waals surface area contributed by atoms with Crippen LogP contribution in [0.1, 0.15) is 25.7 Å². The van der Waals surface area contributed by atoms with E-state index < -0.39 is 0 Å². The van der Waals surface area contributed by atoms with E-state index in [4.69, 9.17) is 0 Å². The van der Waals surface area contributed by atoms with Crippen LogP contribution >= 0.6 is 0 Å². The summed E-state index contributed by atoms with van der Waals surface area (Å²) in [5, 5.41) is 0. The second kappa shape index (κ2) is 2.57. The number of aliphatic imine (C=N–C) groups is 1. The van der Waals surface area contributed by atoms with Crippen molar-refractivity contribution >= 4 is 6.21 Å². The fourth-order valence-electron chi connectivity index (χ4n) is 1.93. The third kappa shape index (κ3) is 1.00. The first-order chi connectivity index (χ1) is 4.97. The van der Waals surface area contributed by atoms with Gasteiger partial charge in [0.05, 0.1) is 0 Å². The molecule has 0 aromatic heterocycles. The lowest BCUT2D eigenvalue weighted by atomic mass is 9.79. The Bertz CT molecular complexity index is 150. The molecule has 54 valence electrons. The normalized spacial score (nSPS) is 37.6. The molecule has 1 nitrogen and oxygen atoms in total. The van der Waals surface area contributed by atoms with Crippen LogP contribution < -0.4 is 0 Å². The van der Waals surface area contributed by atoms with Crippen molar-refractivity contribution in [3.05, 3.63) is 12.3 Å². The molecule has 10 heavy (non-hydrogen) atoms. The van der Waals surface area contributed by atoms with Crippen LogP contribution in [0.15, 0.2) is 17.3 Å². The van der Waals surface area contributed by atoms with Crippen LogP contribution in [0.2, 0.25) is 0 Å². The number of hydrogen-bond donors (Lipinski definition) is 0. The molecular weight excluding hydrogens is 122 g/mol. The summed E-state index contributed by atoms with van der Waals surface area (Å²) in [6.07, 6.45) is 11.9. The van der Waals surface area contributed by atoms with Crippen LogP contribution in [-0.2, 0) is 0 Å². The molecule has 0 bridgehead atoms. The smallest absolute Gasteiger partial charge is 0.0227 e. The van der Waals surface area contributed by atoms with Gasteiger partial charge in [-0.15, -0.1) is 0 Å². The van der Waals surface area contributed by atoms with Gasteiger partial charge in [-0.05, 0) is 18.8 Å². The van der Waals surface area contributed by atoms with Gasteiger partial charge in [-0.2, -0.15) is 0 Å². The Morgan fingerprint density at radius 3 is 2.70 bits per heavy atom. The molecule has 2 atom stereocenters. The number of allylic oxidation sites excluding steroid dienone is 1. The highest BCUT2D eigenvalue weighted by Gasteiger charge is 2.22. The monoisotopic (exact) mass is 135 g/mol. The highest BCUT2D eigenvalue weighted by atomic mass is 14.7. The summed E-state index contributed by atoms with van der Waals surface area (Å²) in [6.45, 7) is 0. The molecule has 2 aliphatic rings. The molecule has 0 radical (unpaired) electrons. The van der Waals surface area contributed by atoms with Crippen molar-refractivity contribution in [2.45, 2.75) is 25.7 Å². The van der Waals surface area contributed by atoms with E-state index in [1.165, 1.54) is 25.7 Å². The van der Waals surface area contributed by atoms with Gasteiger partial charge in [0.25, 0.3) is 0 Å². The Morgan fingerprint density at radius 1 is 1.10 bits per heavy atom. The Balaban J connectivity index is 2.09. The molecule has 1 saturated carbocycles. The molecule has 1 heterocycles. The minimum absolute atomic E-state index is 0.777. The summed E-state index contributed by atoms with van der Waals surface area (Å²) >= 11 is 0. The zero-order chi connectivity index (χ0) is 6.81. The average Bonchev–Trinajstić information content (AvgIpc) is 2.05. The molecule has 2 unspecified atom stereocenters. The summed E-state index contributed by atoms with van der Waals surface area (Å²) in [6, 6.07) is 0. The van der Waals surface area contributed by atoms with Gasteiger partial charge in [-0.3, -0.25) is 4.99 Å². The standard InChI is InChI=1S/C9H13N/c1-2-4-9-7-10-6-5-8(9)3-1/h5-9H,1-4H2. The molecule has 1 aliphatic carbocycles. The lowest BCUT2D eigenvalue weighted by molar-refractivity contribution is 0.358. The summed E-state index contributed by atoms with van der Waals surface area (Å²) in [4.78, 5) is 4.16. The van der Waals surface area contributed by atoms with Crippen LogP contribution in [0.3, 0.4) is 0 Å². The van der Waals surface area contributed by atoms with Crippen LogP contribution in [0, 0.1) is 11.8 Å². The van der Waals surface area contributed by atoms with Gasteiger partial charge in [0.15, 0.2) is 0 Å². The molecule has 1 heteroatoms. The summed E-state index contributed by atoms with van der Waals surface area (Å²) < 4.78 is 0. The molecule has 0 aromatic rings. The molecule has 0 N–H and O–H groups in total. The van der Waals surface area contributed by atoms with Crippen molar-refractivity contribution in [1.82, 2.24) is 0 Å². The molecule has 2 rings (SSSR count). The molecule has 1 aliphatic heterocycles. The van der Waals surface area contributed by atoms with Crippen LogP contribution in [0.25, 0.3) is 0 Å². The summed E-state index contributed by atoms with van der Waals surface area (Å²) in [5.74, 6) is 1.60. The van der Waals surface area contributed by atoms with E-state index >= 15 is 0 Å². The van der Waals surface area contributed by atoms with E-state index in [0.717, 1.165) is 11.8 Å². The topological polar surface area (TPSA) is 12.4 Å². The van der Waals surface area contributed by atoms with Gasteiger partial charge >= 0.3 is 0 Å². The van der Waals surface area contributed by atoms with Crippen LogP contribution in [-0.4, -0.2) is 6.21 Å². The predicted octanol–water partition coefficient (Wildman–Crippen LogP) is 2.39. The molecular formula is C9H13N. The third-order valence-corrected chi connectivity index (χ3v) is 2.57. The van der Waals surface area contributed by atoms with Gasteiger partial charge in [0.2, 0.25) is 0 Å². The maximum atomic E-state index is 4.16. The number of hydrogen-bond acceptors (Lipinski definition) is 1. The van der Waals surface area contributed by atoms with E-state index in [9.17, 15) is 0 Å². The highest BCUT2D eigenvalue weighted by Crippen LogP contribution is 2.31. The fourth-order valence-corrected chi connectivity index (χ4v) is 1.93. The number of fused-ring (bicyclic) bond motifs is 1. The maximum absolute atomic E-state index is 4.16. The Morgan fingerprint density at radius 2 is 1.90 bits per heavy atom. The van der Waals surface area contributed by atoms with E-state index in [-0.39, 0.29) is 0 Å². The van der Waals surface area contributed by atoms with Crippen molar-refractivity contribution in [3.8, 4) is 0 Å². The summed E-state index contributed by atoms with van der Waals surface area (Å²) in [7, 11) is 0. The van der Waals surface area contributed by atoms with E-state index in [2.05, 4.69) is 17.3 Å². The Kier molecular flexibility index (Phi) is 1.58. The zero-order valence-corrected chi connectivity index (χ0v) is 6.16. The molecule has 0 saturated heterocycles. The first-order valence-corrected chi connectivity index (χ1v) is 4.17. The average molecular weight is 135 g/mol. The minimum atomic E-state index is 0.777. The lowest BCUT2D eigenvalue weighted by Crippen LogP contribution is -2.20. The molecule has 0 aromatic carbocycles. The first kappa shape index (κ1) is 6.14. The predicted molar refractivity (Wildman–Crippen MR) is 43.1 cm³/mol. The Hall–Kier alpha value is -0.590. The summed E-state index contributed by atoms with van der Waals surface area (Å²) in [5.41, 5.74) is 0. The second-order valence-electron chi connectivity index (χ2n) is 3.25. The lowest BCUT2D eigenvalue weighted by Gasteiger charge is -2.27. The molecule has 0 spiro atoms. The molecule has 0 amide bonds. The fraction of sp³-hybridized carbons (Fsp3) is 0.667. The van der Waals surface area contributed by atoms with Gasteiger partial charge in [0, 0.05) is 18.3 Å². The SMILES string of the molecule is C1=CC2CCCCC2C=N1. The van der Waals surface area contributed by atoms with Crippen LogP contribution in [0.5, 0.6) is 0 Å².